The number of benzene rings is 2. The average molecular weight is 407 g/mol. The first-order valence-corrected chi connectivity index (χ1v) is 10.1. The van der Waals surface area contributed by atoms with E-state index in [1.165, 1.54) is 11.8 Å². The van der Waals surface area contributed by atoms with E-state index in [1.54, 1.807) is 31.4 Å². The van der Waals surface area contributed by atoms with Gasteiger partial charge in [0, 0.05) is 25.8 Å². The number of hydrogen-bond donors (Lipinski definition) is 1. The normalized spacial score (nSPS) is 10.5. The van der Waals surface area contributed by atoms with Crippen molar-refractivity contribution in [1.82, 2.24) is 14.8 Å². The maximum absolute atomic E-state index is 12.3. The van der Waals surface area contributed by atoms with E-state index < -0.39 is 0 Å². The van der Waals surface area contributed by atoms with Crippen molar-refractivity contribution in [2.24, 2.45) is 0 Å². The molecule has 0 atom stereocenters. The van der Waals surface area contributed by atoms with Gasteiger partial charge in [-0.05, 0) is 23.8 Å². The molecule has 0 aliphatic carbocycles. The number of anilines is 1. The molecule has 0 aliphatic rings. The van der Waals surface area contributed by atoms with Gasteiger partial charge < -0.3 is 14.6 Å². The van der Waals surface area contributed by atoms with E-state index in [-0.39, 0.29) is 11.7 Å². The third-order valence-corrected chi connectivity index (χ3v) is 5.09. The van der Waals surface area contributed by atoms with Crippen LogP contribution in [0.4, 0.5) is 5.69 Å². The molecule has 0 radical (unpaired) electrons. The highest BCUT2D eigenvalue weighted by Crippen LogP contribution is 2.20. The summed E-state index contributed by atoms with van der Waals surface area (Å²) in [4.78, 5) is 12.3. The number of thioether (sulfide) groups is 1. The Morgan fingerprint density at radius 1 is 1.21 bits per heavy atom. The first-order chi connectivity index (χ1) is 14.2. The molecule has 1 aromatic heterocycles. The number of nitrogens with zero attached hydrogens (tertiary/aromatic N) is 4. The second-order valence-corrected chi connectivity index (χ2v) is 7.18. The van der Waals surface area contributed by atoms with E-state index in [2.05, 4.69) is 21.6 Å². The van der Waals surface area contributed by atoms with Crippen molar-refractivity contribution in [3.8, 4) is 6.07 Å². The Bertz CT molecular complexity index is 998. The SMILES string of the molecule is COCCn1c(Cc2ccccc2)nnc1SCC(=O)Nc1cccc(C#N)c1. The summed E-state index contributed by atoms with van der Waals surface area (Å²) in [5, 5.41) is 21.0. The highest BCUT2D eigenvalue weighted by atomic mass is 32.2. The van der Waals surface area contributed by atoms with Gasteiger partial charge in [0.2, 0.25) is 5.91 Å². The maximum Gasteiger partial charge on any atom is 0.234 e. The number of nitrogens with one attached hydrogen (secondary N) is 1. The van der Waals surface area contributed by atoms with Crippen LogP contribution in [0, 0.1) is 11.3 Å². The van der Waals surface area contributed by atoms with Crippen molar-refractivity contribution in [2.45, 2.75) is 18.1 Å². The quantitative estimate of drug-likeness (QED) is 0.548. The standard InChI is InChI=1S/C21H21N5O2S/c1-28-11-10-26-19(13-16-6-3-2-4-7-16)24-25-21(26)29-15-20(27)23-18-9-5-8-17(12-18)14-22/h2-9,12H,10-11,13,15H2,1H3,(H,23,27). The van der Waals surface area contributed by atoms with Gasteiger partial charge in [-0.3, -0.25) is 4.79 Å². The Hall–Kier alpha value is -3.15. The summed E-state index contributed by atoms with van der Waals surface area (Å²) in [5.41, 5.74) is 2.24. The number of carbonyl (C=O) groups excluding carboxylic acids is 1. The summed E-state index contributed by atoms with van der Waals surface area (Å²) < 4.78 is 7.20. The monoisotopic (exact) mass is 407 g/mol. The zero-order chi connectivity index (χ0) is 20.5. The number of methoxy groups -OCH3 is 1. The molecule has 2 aromatic carbocycles. The first kappa shape index (κ1) is 20.6. The van der Waals surface area contributed by atoms with Gasteiger partial charge >= 0.3 is 0 Å². The fraction of sp³-hybridized carbons (Fsp3) is 0.238. The minimum Gasteiger partial charge on any atom is -0.383 e. The second-order valence-electron chi connectivity index (χ2n) is 6.24. The second kappa shape index (κ2) is 10.4. The molecular weight excluding hydrogens is 386 g/mol. The van der Waals surface area contributed by atoms with Gasteiger partial charge in [0.05, 0.1) is 24.0 Å². The molecule has 0 spiro atoms. The van der Waals surface area contributed by atoms with Crippen molar-refractivity contribution in [1.29, 1.82) is 5.26 Å². The number of carbonyl (C=O) groups is 1. The van der Waals surface area contributed by atoms with Crippen molar-refractivity contribution >= 4 is 23.4 Å². The lowest BCUT2D eigenvalue weighted by atomic mass is 10.1. The lowest BCUT2D eigenvalue weighted by Gasteiger charge is -2.10. The summed E-state index contributed by atoms with van der Waals surface area (Å²) in [6.45, 7) is 1.14. The first-order valence-electron chi connectivity index (χ1n) is 9.07. The molecular formula is C21H21N5O2S. The zero-order valence-corrected chi connectivity index (χ0v) is 16.9. The van der Waals surface area contributed by atoms with Gasteiger partial charge in [-0.25, -0.2) is 0 Å². The number of ether oxygens (including phenoxy) is 1. The van der Waals surface area contributed by atoms with Crippen LogP contribution >= 0.6 is 11.8 Å². The number of hydrogen-bond acceptors (Lipinski definition) is 6. The van der Waals surface area contributed by atoms with Crippen LogP contribution in [0.25, 0.3) is 0 Å². The van der Waals surface area contributed by atoms with E-state index in [0.29, 0.717) is 36.0 Å². The summed E-state index contributed by atoms with van der Waals surface area (Å²) in [6, 6.07) is 18.9. The Balaban J connectivity index is 1.66. The third-order valence-electron chi connectivity index (χ3n) is 4.13. The predicted octanol–water partition coefficient (Wildman–Crippen LogP) is 3.12. The molecule has 0 fully saturated rings. The van der Waals surface area contributed by atoms with Gasteiger partial charge in [0.25, 0.3) is 0 Å². The van der Waals surface area contributed by atoms with Gasteiger partial charge in [-0.15, -0.1) is 10.2 Å². The van der Waals surface area contributed by atoms with Crippen LogP contribution in [-0.4, -0.2) is 40.1 Å². The minimum absolute atomic E-state index is 0.170. The van der Waals surface area contributed by atoms with E-state index in [4.69, 9.17) is 10.00 Å². The number of nitriles is 1. The van der Waals surface area contributed by atoms with Gasteiger partial charge in [-0.2, -0.15) is 5.26 Å². The predicted molar refractivity (Wildman–Crippen MR) is 112 cm³/mol. The Labute approximate surface area is 173 Å². The molecule has 1 N–H and O–H groups in total. The largest absolute Gasteiger partial charge is 0.383 e. The van der Waals surface area contributed by atoms with Crippen molar-refractivity contribution < 1.29 is 9.53 Å². The topological polar surface area (TPSA) is 92.8 Å². The van der Waals surface area contributed by atoms with E-state index in [1.807, 2.05) is 34.9 Å². The molecule has 0 aliphatic heterocycles. The summed E-state index contributed by atoms with van der Waals surface area (Å²) in [6.07, 6.45) is 0.658. The van der Waals surface area contributed by atoms with E-state index in [9.17, 15) is 4.79 Å². The third kappa shape index (κ3) is 5.91. The van der Waals surface area contributed by atoms with Gasteiger partial charge in [0.1, 0.15) is 5.82 Å². The number of rotatable bonds is 9. The molecule has 0 saturated heterocycles. The van der Waals surface area contributed by atoms with Crippen LogP contribution in [0.2, 0.25) is 0 Å². The number of aromatic nitrogens is 3. The lowest BCUT2D eigenvalue weighted by molar-refractivity contribution is -0.113. The Kier molecular flexibility index (Phi) is 7.39. The van der Waals surface area contributed by atoms with E-state index >= 15 is 0 Å². The summed E-state index contributed by atoms with van der Waals surface area (Å²) >= 11 is 1.32. The summed E-state index contributed by atoms with van der Waals surface area (Å²) in [7, 11) is 1.65. The van der Waals surface area contributed by atoms with Crippen molar-refractivity contribution in [3.63, 3.8) is 0 Å². The Morgan fingerprint density at radius 3 is 2.79 bits per heavy atom. The van der Waals surface area contributed by atoms with Gasteiger partial charge in [0.15, 0.2) is 5.16 Å². The van der Waals surface area contributed by atoms with Crippen LogP contribution in [-0.2, 0) is 22.5 Å². The highest BCUT2D eigenvalue weighted by Gasteiger charge is 2.15. The summed E-state index contributed by atoms with van der Waals surface area (Å²) in [5.74, 6) is 0.849. The number of amides is 1. The molecule has 0 unspecified atom stereocenters. The highest BCUT2D eigenvalue weighted by molar-refractivity contribution is 7.99. The van der Waals surface area contributed by atoms with Crippen LogP contribution in [0.1, 0.15) is 17.0 Å². The van der Waals surface area contributed by atoms with Crippen molar-refractivity contribution in [2.75, 3.05) is 24.8 Å². The zero-order valence-electron chi connectivity index (χ0n) is 16.0. The minimum atomic E-state index is -0.170. The molecule has 1 heterocycles. The molecule has 8 heteroatoms. The Morgan fingerprint density at radius 2 is 2.03 bits per heavy atom. The molecule has 1 amide bonds. The molecule has 7 nitrogen and oxygen atoms in total. The van der Waals surface area contributed by atoms with Crippen LogP contribution < -0.4 is 5.32 Å². The molecule has 0 bridgehead atoms. The molecule has 29 heavy (non-hydrogen) atoms. The molecule has 0 saturated carbocycles. The molecule has 148 valence electrons. The van der Waals surface area contributed by atoms with Crippen molar-refractivity contribution in [3.05, 3.63) is 71.5 Å². The molecule has 3 aromatic rings. The fourth-order valence-electron chi connectivity index (χ4n) is 2.74. The van der Waals surface area contributed by atoms with Gasteiger partial charge in [-0.1, -0.05) is 48.2 Å². The maximum atomic E-state index is 12.3. The smallest absolute Gasteiger partial charge is 0.234 e. The lowest BCUT2D eigenvalue weighted by Crippen LogP contribution is -2.15. The van der Waals surface area contributed by atoms with Crippen LogP contribution in [0.15, 0.2) is 59.8 Å². The average Bonchev–Trinajstić information content (AvgIpc) is 3.12. The van der Waals surface area contributed by atoms with E-state index in [0.717, 1.165) is 11.4 Å². The fourth-order valence-corrected chi connectivity index (χ4v) is 3.52. The van der Waals surface area contributed by atoms with Crippen LogP contribution in [0.3, 0.4) is 0 Å². The van der Waals surface area contributed by atoms with Crippen LogP contribution in [0.5, 0.6) is 0 Å². The molecule has 3 rings (SSSR count).